The molecule has 5 rings (SSSR count). The predicted molar refractivity (Wildman–Crippen MR) is 163 cm³/mol. The van der Waals surface area contributed by atoms with Gasteiger partial charge in [-0.15, -0.1) is 0 Å². The highest BCUT2D eigenvalue weighted by Gasteiger charge is 2.43. The van der Waals surface area contributed by atoms with Crippen molar-refractivity contribution in [3.05, 3.63) is 111 Å². The van der Waals surface area contributed by atoms with Crippen molar-refractivity contribution in [2.45, 2.75) is 18.8 Å². The minimum Gasteiger partial charge on any atom is -0.497 e. The first-order chi connectivity index (χ1) is 19.4. The first-order valence-corrected chi connectivity index (χ1v) is 13.8. The van der Waals surface area contributed by atoms with Crippen LogP contribution in [-0.2, 0) is 0 Å². The average molecular weight is 602 g/mol. The van der Waals surface area contributed by atoms with Gasteiger partial charge >= 0.3 is 0 Å². The van der Waals surface area contributed by atoms with E-state index in [1.165, 1.54) is 5.56 Å². The van der Waals surface area contributed by atoms with Crippen molar-refractivity contribution in [2.24, 2.45) is 0 Å². The van der Waals surface area contributed by atoms with E-state index in [2.05, 4.69) is 77.5 Å². The van der Waals surface area contributed by atoms with Gasteiger partial charge < -0.3 is 23.7 Å². The van der Waals surface area contributed by atoms with Crippen LogP contribution in [0.5, 0.6) is 28.7 Å². The van der Waals surface area contributed by atoms with Gasteiger partial charge in [0, 0.05) is 35.1 Å². The molecule has 2 atom stereocenters. The van der Waals surface area contributed by atoms with Gasteiger partial charge in [0.05, 0.1) is 40.0 Å². The second-order valence-electron chi connectivity index (χ2n) is 9.77. The summed E-state index contributed by atoms with van der Waals surface area (Å²) in [5.41, 5.74) is 7.81. The molecule has 4 aromatic carbocycles. The lowest BCUT2D eigenvalue weighted by Gasteiger charge is -2.25. The second kappa shape index (κ2) is 11.7. The summed E-state index contributed by atoms with van der Waals surface area (Å²) in [5, 5.41) is 0. The number of halogens is 1. The molecule has 0 aromatic heterocycles. The van der Waals surface area contributed by atoms with Gasteiger partial charge in [-0.05, 0) is 69.4 Å². The monoisotopic (exact) mass is 600 g/mol. The molecule has 0 saturated carbocycles. The van der Waals surface area contributed by atoms with E-state index in [1.54, 1.807) is 35.5 Å². The molecule has 0 fully saturated rings. The summed E-state index contributed by atoms with van der Waals surface area (Å²) >= 11 is 3.91. The number of hydrogen-bond donors (Lipinski definition) is 0. The molecule has 0 bridgehead atoms. The Bertz CT molecular complexity index is 1520. The fourth-order valence-corrected chi connectivity index (χ4v) is 6.31. The number of aryl methyl sites for hydroxylation is 1. The molecule has 0 saturated heterocycles. The van der Waals surface area contributed by atoms with Gasteiger partial charge in [-0.1, -0.05) is 48.0 Å². The topological polar surface area (TPSA) is 46.2 Å². The van der Waals surface area contributed by atoms with Crippen LogP contribution in [0.25, 0.3) is 11.6 Å². The molecule has 6 heteroatoms. The summed E-state index contributed by atoms with van der Waals surface area (Å²) in [6.07, 6.45) is 2.27. The second-order valence-corrected chi connectivity index (χ2v) is 10.6. The molecule has 0 N–H and O–H groups in total. The fourth-order valence-electron chi connectivity index (χ4n) is 5.59. The molecule has 0 unspecified atom stereocenters. The van der Waals surface area contributed by atoms with Gasteiger partial charge in [-0.2, -0.15) is 0 Å². The summed E-state index contributed by atoms with van der Waals surface area (Å²) in [4.78, 5) is 0. The van der Waals surface area contributed by atoms with Gasteiger partial charge in [-0.25, -0.2) is 0 Å². The van der Waals surface area contributed by atoms with Crippen molar-refractivity contribution in [3.63, 3.8) is 0 Å². The van der Waals surface area contributed by atoms with Crippen LogP contribution in [0.1, 0.15) is 45.2 Å². The quantitative estimate of drug-likeness (QED) is 0.204. The Morgan fingerprint density at radius 3 is 1.75 bits per heavy atom. The Morgan fingerprint density at radius 2 is 1.20 bits per heavy atom. The van der Waals surface area contributed by atoms with Crippen molar-refractivity contribution in [3.8, 4) is 28.7 Å². The number of methoxy groups -OCH3 is 5. The van der Waals surface area contributed by atoms with Gasteiger partial charge in [0.2, 0.25) is 0 Å². The third-order valence-electron chi connectivity index (χ3n) is 7.55. The average Bonchev–Trinajstić information content (AvgIpc) is 3.33. The van der Waals surface area contributed by atoms with Crippen LogP contribution in [0.15, 0.2) is 77.3 Å². The molecule has 40 heavy (non-hydrogen) atoms. The van der Waals surface area contributed by atoms with Crippen molar-refractivity contribution in [1.29, 1.82) is 0 Å². The van der Waals surface area contributed by atoms with Crippen LogP contribution in [0.2, 0.25) is 0 Å². The Labute approximate surface area is 244 Å². The summed E-state index contributed by atoms with van der Waals surface area (Å²) in [6, 6.07) is 24.9. The van der Waals surface area contributed by atoms with Crippen LogP contribution in [-0.4, -0.2) is 35.5 Å². The zero-order valence-electron chi connectivity index (χ0n) is 23.6. The van der Waals surface area contributed by atoms with E-state index in [4.69, 9.17) is 23.7 Å². The summed E-state index contributed by atoms with van der Waals surface area (Å²) in [5.74, 6) is 3.58. The van der Waals surface area contributed by atoms with E-state index >= 15 is 0 Å². The van der Waals surface area contributed by atoms with Gasteiger partial charge in [0.25, 0.3) is 0 Å². The van der Waals surface area contributed by atoms with Crippen LogP contribution < -0.4 is 23.7 Å². The first-order valence-electron chi connectivity index (χ1n) is 13.0. The fraction of sp³-hybridized carbons (Fsp3) is 0.235. The summed E-state index contributed by atoms with van der Waals surface area (Å²) < 4.78 is 29.6. The Hall–Kier alpha value is -3.90. The summed E-state index contributed by atoms with van der Waals surface area (Å²) in [6.45, 7) is 2.10. The maximum Gasteiger partial charge on any atom is 0.137 e. The molecule has 5 nitrogen and oxygen atoms in total. The van der Waals surface area contributed by atoms with Gasteiger partial charge in [0.15, 0.2) is 0 Å². The number of ether oxygens (including phenoxy) is 5. The SMILES string of the molecule is COc1ccc([C@@H]2c3c(OC)cc(OC)c(Br)c3/C(=C/c3ccc(C)cc3)[C@H]2c2cc(OC)cc(OC)c2)cc1. The van der Waals surface area contributed by atoms with E-state index < -0.39 is 0 Å². The van der Waals surface area contributed by atoms with Crippen LogP contribution in [0.4, 0.5) is 0 Å². The van der Waals surface area contributed by atoms with E-state index in [-0.39, 0.29) is 11.8 Å². The molecule has 0 amide bonds. The van der Waals surface area contributed by atoms with E-state index in [0.717, 1.165) is 60.9 Å². The molecule has 4 aromatic rings. The highest BCUT2D eigenvalue weighted by Crippen LogP contribution is 2.61. The molecular weight excluding hydrogens is 568 g/mol. The minimum atomic E-state index is -0.0917. The maximum atomic E-state index is 6.04. The van der Waals surface area contributed by atoms with E-state index in [9.17, 15) is 0 Å². The zero-order chi connectivity index (χ0) is 28.4. The van der Waals surface area contributed by atoms with Crippen LogP contribution in [0.3, 0.4) is 0 Å². The highest BCUT2D eigenvalue weighted by molar-refractivity contribution is 9.10. The lowest BCUT2D eigenvalue weighted by atomic mass is 9.79. The number of benzene rings is 4. The Morgan fingerprint density at radius 1 is 0.600 bits per heavy atom. The molecule has 1 aliphatic carbocycles. The number of allylic oxidation sites excluding steroid dienone is 1. The molecule has 0 heterocycles. The standard InChI is InChI=1S/C34H33BrO5/c1-20-7-9-21(10-8-20)15-27-30(23-16-25(37-3)18-26(17-23)38-4)31(22-11-13-24(36-2)14-12-22)33-28(39-5)19-29(40-6)34(35)32(27)33/h7-19,30-31H,1-6H3/b27-15+/t30-,31+/m1/s1. The normalized spacial score (nSPS) is 16.9. The third kappa shape index (κ3) is 5.04. The zero-order valence-corrected chi connectivity index (χ0v) is 25.2. The first kappa shape index (κ1) is 27.7. The van der Waals surface area contributed by atoms with Crippen molar-refractivity contribution in [1.82, 2.24) is 0 Å². The highest BCUT2D eigenvalue weighted by atomic mass is 79.9. The van der Waals surface area contributed by atoms with Gasteiger partial charge in [0.1, 0.15) is 28.7 Å². The van der Waals surface area contributed by atoms with Crippen molar-refractivity contribution in [2.75, 3.05) is 35.5 Å². The maximum absolute atomic E-state index is 6.04. The Balaban J connectivity index is 1.88. The van der Waals surface area contributed by atoms with Crippen LogP contribution >= 0.6 is 15.9 Å². The van der Waals surface area contributed by atoms with E-state index in [1.807, 2.05) is 24.3 Å². The van der Waals surface area contributed by atoms with E-state index in [0.29, 0.717) is 5.75 Å². The van der Waals surface area contributed by atoms with Crippen molar-refractivity contribution < 1.29 is 23.7 Å². The smallest absolute Gasteiger partial charge is 0.137 e. The van der Waals surface area contributed by atoms with Crippen LogP contribution in [0, 0.1) is 6.92 Å². The molecule has 0 spiro atoms. The predicted octanol–water partition coefficient (Wildman–Crippen LogP) is 8.27. The molecule has 206 valence electrons. The lowest BCUT2D eigenvalue weighted by Crippen LogP contribution is -2.09. The molecule has 0 aliphatic heterocycles. The largest absolute Gasteiger partial charge is 0.497 e. The minimum absolute atomic E-state index is 0.0772. The Kier molecular flexibility index (Phi) is 8.08. The summed E-state index contributed by atoms with van der Waals surface area (Å²) in [7, 11) is 8.42. The molecular formula is C34H33BrO5. The van der Waals surface area contributed by atoms with Crippen molar-refractivity contribution >= 4 is 27.6 Å². The van der Waals surface area contributed by atoms with Gasteiger partial charge in [-0.3, -0.25) is 0 Å². The lowest BCUT2D eigenvalue weighted by molar-refractivity contribution is 0.388. The number of hydrogen-bond acceptors (Lipinski definition) is 5. The molecule has 0 radical (unpaired) electrons. The number of rotatable bonds is 8. The molecule has 1 aliphatic rings. The third-order valence-corrected chi connectivity index (χ3v) is 8.34. The number of fused-ring (bicyclic) bond motifs is 1.